The van der Waals surface area contributed by atoms with Crippen LogP contribution in [0.25, 0.3) is 0 Å². The molecule has 0 radical (unpaired) electrons. The first-order valence-electron chi connectivity index (χ1n) is 11.4. The molecule has 0 atom stereocenters. The van der Waals surface area contributed by atoms with E-state index in [0.717, 1.165) is 17.7 Å². The topological polar surface area (TPSA) is 103 Å². The van der Waals surface area contributed by atoms with Crippen molar-refractivity contribution in [2.75, 3.05) is 29.9 Å². The second-order valence-electron chi connectivity index (χ2n) is 8.16. The van der Waals surface area contributed by atoms with Crippen molar-refractivity contribution < 1.29 is 27.4 Å². The van der Waals surface area contributed by atoms with Crippen LogP contribution in [-0.2, 0) is 14.8 Å². The van der Waals surface area contributed by atoms with Crippen LogP contribution in [0.5, 0.6) is 17.2 Å². The van der Waals surface area contributed by atoms with E-state index in [1.165, 1.54) is 12.1 Å². The number of carbonyl (C=O) groups is 1. The Hall–Kier alpha value is -3.72. The minimum atomic E-state index is -3.82. The lowest BCUT2D eigenvalue weighted by Crippen LogP contribution is -2.14. The number of fused-ring (bicyclic) bond motifs is 1. The van der Waals surface area contributed by atoms with Crippen LogP contribution in [0.1, 0.15) is 24.8 Å². The van der Waals surface area contributed by atoms with Crippen molar-refractivity contribution >= 4 is 27.3 Å². The summed E-state index contributed by atoms with van der Waals surface area (Å²) in [4.78, 5) is 12.3. The van der Waals surface area contributed by atoms with Crippen LogP contribution in [-0.4, -0.2) is 34.1 Å². The molecule has 1 aliphatic heterocycles. The zero-order chi connectivity index (χ0) is 24.7. The van der Waals surface area contributed by atoms with Crippen LogP contribution in [0.2, 0.25) is 0 Å². The van der Waals surface area contributed by atoms with Crippen LogP contribution in [0.4, 0.5) is 11.4 Å². The molecule has 0 aliphatic carbocycles. The number of sulfonamides is 1. The normalized spacial score (nSPS) is 12.9. The number of rotatable bonds is 9. The van der Waals surface area contributed by atoms with Crippen molar-refractivity contribution in [3.63, 3.8) is 0 Å². The van der Waals surface area contributed by atoms with Crippen molar-refractivity contribution in [2.45, 2.75) is 31.1 Å². The third kappa shape index (κ3) is 6.89. The lowest BCUT2D eigenvalue weighted by Gasteiger charge is -2.12. The van der Waals surface area contributed by atoms with E-state index < -0.39 is 10.0 Å². The molecular formula is C26H28N2O6S. The lowest BCUT2D eigenvalue weighted by molar-refractivity contribution is -0.116. The first-order chi connectivity index (χ1) is 16.9. The van der Waals surface area contributed by atoms with Gasteiger partial charge in [-0.3, -0.25) is 9.52 Å². The SMILES string of the molecule is Cc1cccc(OCCCC(=O)Nc2ccc(NS(=O)(=O)c3ccc4c(c3)OCCCO4)cc2)c1. The van der Waals surface area contributed by atoms with Gasteiger partial charge in [-0.2, -0.15) is 0 Å². The predicted molar refractivity (Wildman–Crippen MR) is 134 cm³/mol. The molecule has 8 nitrogen and oxygen atoms in total. The van der Waals surface area contributed by atoms with Gasteiger partial charge >= 0.3 is 0 Å². The number of amides is 1. The monoisotopic (exact) mass is 496 g/mol. The van der Waals surface area contributed by atoms with Gasteiger partial charge in [0, 0.05) is 30.3 Å². The van der Waals surface area contributed by atoms with Gasteiger partial charge in [0.25, 0.3) is 10.0 Å². The molecule has 3 aromatic carbocycles. The minimum Gasteiger partial charge on any atom is -0.494 e. The van der Waals surface area contributed by atoms with Gasteiger partial charge in [-0.15, -0.1) is 0 Å². The predicted octanol–water partition coefficient (Wildman–Crippen LogP) is 4.75. The van der Waals surface area contributed by atoms with Crippen molar-refractivity contribution in [1.29, 1.82) is 0 Å². The third-order valence-electron chi connectivity index (χ3n) is 5.26. The number of aryl methyl sites for hydroxylation is 1. The van der Waals surface area contributed by atoms with Gasteiger partial charge in [-0.25, -0.2) is 8.42 Å². The fourth-order valence-electron chi connectivity index (χ4n) is 3.50. The summed E-state index contributed by atoms with van der Waals surface area (Å²) in [7, 11) is -3.82. The van der Waals surface area contributed by atoms with Crippen molar-refractivity contribution in [1.82, 2.24) is 0 Å². The molecule has 3 aromatic rings. The maximum atomic E-state index is 12.8. The first-order valence-corrected chi connectivity index (χ1v) is 12.9. The summed E-state index contributed by atoms with van der Waals surface area (Å²) < 4.78 is 45.0. The smallest absolute Gasteiger partial charge is 0.262 e. The quantitative estimate of drug-likeness (QED) is 0.414. The Morgan fingerprint density at radius 3 is 2.46 bits per heavy atom. The zero-order valence-electron chi connectivity index (χ0n) is 19.5. The van der Waals surface area contributed by atoms with Gasteiger partial charge in [0.1, 0.15) is 5.75 Å². The highest BCUT2D eigenvalue weighted by Gasteiger charge is 2.19. The lowest BCUT2D eigenvalue weighted by atomic mass is 10.2. The summed E-state index contributed by atoms with van der Waals surface area (Å²) in [5, 5.41) is 2.81. The number of ether oxygens (including phenoxy) is 3. The van der Waals surface area contributed by atoms with Crippen LogP contribution in [0.3, 0.4) is 0 Å². The van der Waals surface area contributed by atoms with E-state index in [1.54, 1.807) is 30.3 Å². The van der Waals surface area contributed by atoms with Gasteiger partial charge in [-0.05, 0) is 67.4 Å². The van der Waals surface area contributed by atoms with E-state index in [9.17, 15) is 13.2 Å². The van der Waals surface area contributed by atoms with Gasteiger partial charge in [-0.1, -0.05) is 12.1 Å². The number of hydrogen-bond acceptors (Lipinski definition) is 6. The Kier molecular flexibility index (Phi) is 7.77. The fraction of sp³-hybridized carbons (Fsp3) is 0.269. The maximum Gasteiger partial charge on any atom is 0.262 e. The van der Waals surface area contributed by atoms with Gasteiger partial charge in [0.05, 0.1) is 24.7 Å². The summed E-state index contributed by atoms with van der Waals surface area (Å²) in [5.41, 5.74) is 2.07. The Balaban J connectivity index is 1.27. The van der Waals surface area contributed by atoms with Crippen molar-refractivity contribution in [3.05, 3.63) is 72.3 Å². The molecule has 1 heterocycles. The zero-order valence-corrected chi connectivity index (χ0v) is 20.3. The van der Waals surface area contributed by atoms with Crippen LogP contribution < -0.4 is 24.2 Å². The summed E-state index contributed by atoms with van der Waals surface area (Å²) in [5.74, 6) is 1.59. The Morgan fingerprint density at radius 1 is 0.943 bits per heavy atom. The molecule has 184 valence electrons. The highest BCUT2D eigenvalue weighted by molar-refractivity contribution is 7.92. The largest absolute Gasteiger partial charge is 0.494 e. The van der Waals surface area contributed by atoms with E-state index in [0.29, 0.717) is 55.5 Å². The number of carbonyl (C=O) groups excluding carboxylic acids is 1. The Bertz CT molecular complexity index is 1280. The molecule has 35 heavy (non-hydrogen) atoms. The molecule has 0 bridgehead atoms. The summed E-state index contributed by atoms with van der Waals surface area (Å²) in [6.07, 6.45) is 1.62. The summed E-state index contributed by atoms with van der Waals surface area (Å²) in [6.45, 7) is 3.44. The van der Waals surface area contributed by atoms with Crippen molar-refractivity contribution in [3.8, 4) is 17.2 Å². The average Bonchev–Trinajstić information content (AvgIpc) is 3.08. The molecule has 0 saturated carbocycles. The molecule has 0 aromatic heterocycles. The Labute approximate surface area is 205 Å². The Morgan fingerprint density at radius 2 is 1.69 bits per heavy atom. The summed E-state index contributed by atoms with van der Waals surface area (Å²) >= 11 is 0. The fourth-order valence-corrected chi connectivity index (χ4v) is 4.57. The van der Waals surface area contributed by atoms with E-state index in [-0.39, 0.29) is 10.8 Å². The van der Waals surface area contributed by atoms with Gasteiger partial charge in [0.15, 0.2) is 11.5 Å². The highest BCUT2D eigenvalue weighted by Crippen LogP contribution is 2.32. The summed E-state index contributed by atoms with van der Waals surface area (Å²) in [6, 6.07) is 18.8. The maximum absolute atomic E-state index is 12.8. The van der Waals surface area contributed by atoms with Gasteiger partial charge < -0.3 is 19.5 Å². The third-order valence-corrected chi connectivity index (χ3v) is 6.64. The molecule has 0 saturated heterocycles. The average molecular weight is 497 g/mol. The molecule has 0 spiro atoms. The molecular weight excluding hydrogens is 468 g/mol. The molecule has 1 aliphatic rings. The number of anilines is 2. The van der Waals surface area contributed by atoms with E-state index in [4.69, 9.17) is 14.2 Å². The van der Waals surface area contributed by atoms with E-state index in [1.807, 2.05) is 31.2 Å². The molecule has 0 unspecified atom stereocenters. The standard InChI is InChI=1S/C26H28N2O6S/c1-19-5-2-6-22(17-19)32-14-3-7-26(29)27-20-8-10-21(11-9-20)28-35(30,31)23-12-13-24-25(18-23)34-16-4-15-33-24/h2,5-6,8-13,17-18,28H,3-4,7,14-16H2,1H3,(H,27,29). The molecule has 2 N–H and O–H groups in total. The van der Waals surface area contributed by atoms with Crippen LogP contribution in [0, 0.1) is 6.92 Å². The first kappa shape index (κ1) is 24.4. The number of nitrogens with one attached hydrogen (secondary N) is 2. The molecule has 4 rings (SSSR count). The molecule has 1 amide bonds. The van der Waals surface area contributed by atoms with Crippen LogP contribution >= 0.6 is 0 Å². The van der Waals surface area contributed by atoms with E-state index in [2.05, 4.69) is 10.0 Å². The van der Waals surface area contributed by atoms with Crippen LogP contribution in [0.15, 0.2) is 71.6 Å². The minimum absolute atomic E-state index is 0.0759. The van der Waals surface area contributed by atoms with E-state index >= 15 is 0 Å². The van der Waals surface area contributed by atoms with Crippen molar-refractivity contribution in [2.24, 2.45) is 0 Å². The molecule has 0 fully saturated rings. The number of hydrogen-bond donors (Lipinski definition) is 2. The number of benzene rings is 3. The second kappa shape index (κ2) is 11.1. The van der Waals surface area contributed by atoms with Gasteiger partial charge in [0.2, 0.25) is 5.91 Å². The highest BCUT2D eigenvalue weighted by atomic mass is 32.2. The molecule has 9 heteroatoms. The second-order valence-corrected chi connectivity index (χ2v) is 9.84.